The Kier molecular flexibility index (Phi) is 5.40. The highest BCUT2D eigenvalue weighted by molar-refractivity contribution is 6.10. The van der Waals surface area contributed by atoms with Crippen molar-refractivity contribution < 1.29 is 28.3 Å². The summed E-state index contributed by atoms with van der Waals surface area (Å²) < 4.78 is 30.0. The van der Waals surface area contributed by atoms with E-state index >= 15 is 4.39 Å². The lowest BCUT2D eigenvalue weighted by Crippen LogP contribution is -2.44. The van der Waals surface area contributed by atoms with E-state index in [-0.39, 0.29) is 29.6 Å². The molecule has 6 nitrogen and oxygen atoms in total. The molecule has 1 aromatic rings. The van der Waals surface area contributed by atoms with Crippen molar-refractivity contribution in [3.8, 4) is 0 Å². The van der Waals surface area contributed by atoms with Gasteiger partial charge in [-0.25, -0.2) is 8.78 Å². The first-order valence-electron chi connectivity index (χ1n) is 9.80. The van der Waals surface area contributed by atoms with E-state index in [9.17, 15) is 18.8 Å². The molecule has 1 aliphatic carbocycles. The van der Waals surface area contributed by atoms with Crippen LogP contribution in [-0.2, 0) is 19.8 Å². The van der Waals surface area contributed by atoms with Gasteiger partial charge in [0.1, 0.15) is 18.2 Å². The van der Waals surface area contributed by atoms with Crippen LogP contribution in [0.3, 0.4) is 0 Å². The van der Waals surface area contributed by atoms with Crippen molar-refractivity contribution in [3.05, 3.63) is 28.8 Å². The molecule has 0 radical (unpaired) electrons. The quantitative estimate of drug-likeness (QED) is 0.726. The molecule has 0 saturated heterocycles. The van der Waals surface area contributed by atoms with Gasteiger partial charge in [-0.1, -0.05) is 13.8 Å². The molecule has 0 spiro atoms. The summed E-state index contributed by atoms with van der Waals surface area (Å²) in [7, 11) is 0. The first kappa shape index (κ1) is 21.2. The SMILES string of the molecule is C[C@H](CNC(=O)CN1C(=O)C(C)(C)c2c(F)c(C3CC3)cc(F)c21)[C@H](C)C(=O)O. The minimum atomic E-state index is -1.28. The number of carbonyl (C=O) groups is 3. The summed E-state index contributed by atoms with van der Waals surface area (Å²) in [6.07, 6.45) is 1.59. The summed E-state index contributed by atoms with van der Waals surface area (Å²) in [5, 5.41) is 11.6. The minimum Gasteiger partial charge on any atom is -0.481 e. The standard InChI is InChI=1S/C21H26F2N2O4/c1-10(11(2)19(27)28)8-24-15(26)9-25-18-14(22)7-13(12-5-6-12)17(23)16(18)21(3,4)20(25)29/h7,10-12H,5-6,8-9H2,1-4H3,(H,24,26)(H,27,28)/t10-,11+/m1/s1. The number of nitrogens with zero attached hydrogens (tertiary/aromatic N) is 1. The first-order valence-corrected chi connectivity index (χ1v) is 9.80. The second kappa shape index (κ2) is 7.39. The second-order valence-corrected chi connectivity index (χ2v) is 8.68. The zero-order chi connectivity index (χ0) is 21.7. The van der Waals surface area contributed by atoms with E-state index in [2.05, 4.69) is 5.32 Å². The zero-order valence-electron chi connectivity index (χ0n) is 17.0. The van der Waals surface area contributed by atoms with Crippen molar-refractivity contribution in [3.63, 3.8) is 0 Å². The Bertz CT molecular complexity index is 880. The van der Waals surface area contributed by atoms with E-state index in [0.29, 0.717) is 5.56 Å². The van der Waals surface area contributed by atoms with Gasteiger partial charge >= 0.3 is 5.97 Å². The third-order valence-corrected chi connectivity index (χ3v) is 6.08. The Hall–Kier alpha value is -2.51. The predicted molar refractivity (Wildman–Crippen MR) is 103 cm³/mol. The molecule has 158 valence electrons. The largest absolute Gasteiger partial charge is 0.481 e. The van der Waals surface area contributed by atoms with E-state index in [4.69, 9.17) is 5.11 Å². The second-order valence-electron chi connectivity index (χ2n) is 8.68. The fourth-order valence-corrected chi connectivity index (χ4v) is 3.75. The summed E-state index contributed by atoms with van der Waals surface area (Å²) in [4.78, 5) is 37.3. The number of rotatable bonds is 7. The summed E-state index contributed by atoms with van der Waals surface area (Å²) in [6, 6.07) is 1.14. The Morgan fingerprint density at radius 2 is 1.93 bits per heavy atom. The predicted octanol–water partition coefficient (Wildman–Crippen LogP) is 2.94. The molecule has 2 atom stereocenters. The molecule has 0 bridgehead atoms. The summed E-state index contributed by atoms with van der Waals surface area (Å²) in [6.45, 7) is 5.93. The molecule has 1 aliphatic heterocycles. The number of carbonyl (C=O) groups excluding carboxylic acids is 2. The van der Waals surface area contributed by atoms with Crippen LogP contribution in [0.5, 0.6) is 0 Å². The highest BCUT2D eigenvalue weighted by atomic mass is 19.1. The maximum absolute atomic E-state index is 15.1. The molecule has 1 aromatic carbocycles. The Balaban J connectivity index is 1.82. The number of amides is 2. The van der Waals surface area contributed by atoms with Crippen LogP contribution in [0.2, 0.25) is 0 Å². The fourth-order valence-electron chi connectivity index (χ4n) is 3.75. The van der Waals surface area contributed by atoms with E-state index in [1.807, 2.05) is 0 Å². The monoisotopic (exact) mass is 408 g/mol. The van der Waals surface area contributed by atoms with Gasteiger partial charge in [0.25, 0.3) is 0 Å². The summed E-state index contributed by atoms with van der Waals surface area (Å²) in [5.41, 5.74) is -1.16. The molecular formula is C21H26F2N2O4. The number of hydrogen-bond acceptors (Lipinski definition) is 3. The number of aliphatic carboxylic acids is 1. The molecule has 0 aromatic heterocycles. The highest BCUT2D eigenvalue weighted by Crippen LogP contribution is 2.50. The third-order valence-electron chi connectivity index (χ3n) is 6.08. The van der Waals surface area contributed by atoms with Crippen molar-refractivity contribution >= 4 is 23.5 Å². The van der Waals surface area contributed by atoms with Crippen molar-refractivity contribution in [2.45, 2.75) is 51.9 Å². The average Bonchev–Trinajstić information content (AvgIpc) is 3.46. The fraction of sp³-hybridized carbons (Fsp3) is 0.571. The normalized spacial score (nSPS) is 19.7. The van der Waals surface area contributed by atoms with Crippen LogP contribution in [0.4, 0.5) is 14.5 Å². The molecule has 8 heteroatoms. The van der Waals surface area contributed by atoms with Crippen LogP contribution in [0, 0.1) is 23.5 Å². The number of carboxylic acid groups (broad SMARTS) is 1. The molecule has 2 N–H and O–H groups in total. The zero-order valence-corrected chi connectivity index (χ0v) is 17.0. The summed E-state index contributed by atoms with van der Waals surface area (Å²) in [5.74, 6) is -4.34. The number of halogens is 2. The molecule has 0 unspecified atom stereocenters. The highest BCUT2D eigenvalue weighted by Gasteiger charge is 2.49. The molecule has 1 heterocycles. The molecular weight excluding hydrogens is 382 g/mol. The number of nitrogens with one attached hydrogen (secondary N) is 1. The van der Waals surface area contributed by atoms with Gasteiger partial charge in [-0.15, -0.1) is 0 Å². The van der Waals surface area contributed by atoms with Gasteiger partial charge in [-0.2, -0.15) is 0 Å². The van der Waals surface area contributed by atoms with Crippen molar-refractivity contribution in [1.82, 2.24) is 5.32 Å². The Labute approximate surface area is 168 Å². The van der Waals surface area contributed by atoms with Gasteiger partial charge in [-0.05, 0) is 50.2 Å². The molecule has 2 amide bonds. The van der Waals surface area contributed by atoms with Gasteiger partial charge in [0.2, 0.25) is 11.8 Å². The maximum Gasteiger partial charge on any atom is 0.306 e. The molecule has 1 saturated carbocycles. The summed E-state index contributed by atoms with van der Waals surface area (Å²) >= 11 is 0. The van der Waals surface area contributed by atoms with Crippen molar-refractivity contribution in [1.29, 1.82) is 0 Å². The van der Waals surface area contributed by atoms with Gasteiger partial charge < -0.3 is 10.4 Å². The topological polar surface area (TPSA) is 86.7 Å². The van der Waals surface area contributed by atoms with E-state index < -0.39 is 47.3 Å². The van der Waals surface area contributed by atoms with Crippen LogP contribution in [0.25, 0.3) is 0 Å². The number of fused-ring (bicyclic) bond motifs is 1. The van der Waals surface area contributed by atoms with Crippen molar-refractivity contribution in [2.24, 2.45) is 11.8 Å². The lowest BCUT2D eigenvalue weighted by molar-refractivity contribution is -0.142. The van der Waals surface area contributed by atoms with Crippen molar-refractivity contribution in [2.75, 3.05) is 18.0 Å². The third kappa shape index (κ3) is 3.72. The number of hydrogen-bond donors (Lipinski definition) is 2. The van der Waals surface area contributed by atoms with Crippen LogP contribution in [0.1, 0.15) is 57.6 Å². The molecule has 29 heavy (non-hydrogen) atoms. The molecule has 1 fully saturated rings. The van der Waals surface area contributed by atoms with Gasteiger partial charge in [0, 0.05) is 12.1 Å². The number of carboxylic acids is 1. The van der Waals surface area contributed by atoms with Crippen LogP contribution in [-0.4, -0.2) is 36.0 Å². The molecule has 3 rings (SSSR count). The van der Waals surface area contributed by atoms with Crippen LogP contribution >= 0.6 is 0 Å². The lowest BCUT2D eigenvalue weighted by Gasteiger charge is -2.21. The maximum atomic E-state index is 15.1. The van der Waals surface area contributed by atoms with E-state index in [0.717, 1.165) is 23.8 Å². The number of benzene rings is 1. The smallest absolute Gasteiger partial charge is 0.306 e. The lowest BCUT2D eigenvalue weighted by atomic mass is 9.84. The number of anilines is 1. The average molecular weight is 408 g/mol. The van der Waals surface area contributed by atoms with Gasteiger partial charge in [0.15, 0.2) is 0 Å². The van der Waals surface area contributed by atoms with Gasteiger partial charge in [-0.3, -0.25) is 19.3 Å². The van der Waals surface area contributed by atoms with Crippen LogP contribution in [0.15, 0.2) is 6.07 Å². The van der Waals surface area contributed by atoms with Gasteiger partial charge in [0.05, 0.1) is 17.0 Å². The van der Waals surface area contributed by atoms with E-state index in [1.165, 1.54) is 20.8 Å². The minimum absolute atomic E-state index is 0.00469. The van der Waals surface area contributed by atoms with Crippen LogP contribution < -0.4 is 10.2 Å². The Morgan fingerprint density at radius 1 is 1.31 bits per heavy atom. The Morgan fingerprint density at radius 3 is 2.48 bits per heavy atom. The first-order chi connectivity index (χ1) is 13.5. The molecule has 2 aliphatic rings. The van der Waals surface area contributed by atoms with E-state index in [1.54, 1.807) is 6.92 Å².